The van der Waals surface area contributed by atoms with Gasteiger partial charge < -0.3 is 14.3 Å². The zero-order chi connectivity index (χ0) is 22.6. The molecule has 0 aliphatic carbocycles. The molecule has 2 aromatic carbocycles. The lowest BCUT2D eigenvalue weighted by Crippen LogP contribution is -2.64. The third kappa shape index (κ3) is 4.28. The van der Waals surface area contributed by atoms with E-state index in [9.17, 15) is 14.7 Å². The van der Waals surface area contributed by atoms with Gasteiger partial charge in [-0.05, 0) is 24.6 Å². The van der Waals surface area contributed by atoms with Crippen LogP contribution in [0.1, 0.15) is 23.7 Å². The van der Waals surface area contributed by atoms with Crippen LogP contribution in [0.15, 0.2) is 65.3 Å². The Morgan fingerprint density at radius 1 is 1.12 bits per heavy atom. The first kappa shape index (κ1) is 21.7. The third-order valence-corrected chi connectivity index (χ3v) is 5.55. The Bertz CT molecular complexity index is 1100. The van der Waals surface area contributed by atoms with Gasteiger partial charge >= 0.3 is 12.1 Å². The molecule has 2 atom stereocenters. The Hall–Kier alpha value is -3.49. The summed E-state index contributed by atoms with van der Waals surface area (Å²) in [5.41, 5.74) is 3.26. The number of carboxylic acids is 1. The van der Waals surface area contributed by atoms with Gasteiger partial charge in [0, 0.05) is 24.0 Å². The summed E-state index contributed by atoms with van der Waals surface area (Å²) in [6.45, 7) is 1.97. The summed E-state index contributed by atoms with van der Waals surface area (Å²) in [6.07, 6.45) is 1.36. The monoisotopic (exact) mass is 437 g/mol. The Balaban J connectivity index is 1.55. The SMILES string of the molecule is CCOC(=O)[N+]1(OCCc2coc(-c3ccccc3)n2)Cc2ccccc2CC1C(=O)O. The minimum absolute atomic E-state index is 0.0749. The number of carbonyl (C=O) groups is 2. The number of oxazole rings is 1. The van der Waals surface area contributed by atoms with Crippen LogP contribution in [0.3, 0.4) is 0 Å². The Labute approximate surface area is 185 Å². The highest BCUT2D eigenvalue weighted by atomic mass is 16.8. The summed E-state index contributed by atoms with van der Waals surface area (Å²) >= 11 is 0. The van der Waals surface area contributed by atoms with E-state index in [-0.39, 0.29) is 26.2 Å². The molecule has 4 rings (SSSR count). The Morgan fingerprint density at radius 3 is 2.56 bits per heavy atom. The molecule has 1 aliphatic heterocycles. The van der Waals surface area contributed by atoms with E-state index in [4.69, 9.17) is 14.0 Å². The number of hydrogen-bond acceptors (Lipinski definition) is 6. The molecule has 0 saturated carbocycles. The topological polar surface area (TPSA) is 98.9 Å². The van der Waals surface area contributed by atoms with E-state index in [0.29, 0.717) is 18.0 Å². The molecule has 8 nitrogen and oxygen atoms in total. The molecule has 0 fully saturated rings. The molecule has 0 radical (unpaired) electrons. The van der Waals surface area contributed by atoms with Crippen LogP contribution < -0.4 is 0 Å². The van der Waals surface area contributed by atoms with Gasteiger partial charge in [0.25, 0.3) is 0 Å². The summed E-state index contributed by atoms with van der Waals surface area (Å²) in [5, 5.41) is 9.93. The zero-order valence-corrected chi connectivity index (χ0v) is 17.8. The number of rotatable bonds is 7. The minimum Gasteiger partial charge on any atom is -0.477 e. The van der Waals surface area contributed by atoms with Crippen LogP contribution in [0.25, 0.3) is 11.5 Å². The normalized spacial score (nSPS) is 19.8. The van der Waals surface area contributed by atoms with E-state index in [1.54, 1.807) is 13.2 Å². The number of amides is 1. The molecule has 166 valence electrons. The number of carboxylic acid groups (broad SMARTS) is 1. The number of hydroxylamine groups is 3. The number of aliphatic carboxylic acids is 1. The number of quaternary nitrogens is 1. The molecule has 32 heavy (non-hydrogen) atoms. The molecule has 0 spiro atoms. The molecule has 1 N–H and O–H groups in total. The fourth-order valence-corrected chi connectivity index (χ4v) is 3.96. The van der Waals surface area contributed by atoms with Crippen molar-refractivity contribution in [3.8, 4) is 11.5 Å². The molecule has 0 saturated heterocycles. The lowest BCUT2D eigenvalue weighted by molar-refractivity contribution is -1.07. The number of hydrogen-bond donors (Lipinski definition) is 1. The molecule has 3 aromatic rings. The molecule has 1 aromatic heterocycles. The van der Waals surface area contributed by atoms with Gasteiger partial charge in [-0.1, -0.05) is 47.1 Å². The molecule has 1 aliphatic rings. The van der Waals surface area contributed by atoms with E-state index >= 15 is 0 Å². The maximum atomic E-state index is 13.0. The lowest BCUT2D eigenvalue weighted by Gasteiger charge is -2.39. The van der Waals surface area contributed by atoms with Crippen LogP contribution in [0.2, 0.25) is 0 Å². The second-order valence-electron chi connectivity index (χ2n) is 7.57. The van der Waals surface area contributed by atoms with Crippen LogP contribution in [-0.2, 0) is 33.8 Å². The van der Waals surface area contributed by atoms with Gasteiger partial charge in [0.2, 0.25) is 11.9 Å². The largest absolute Gasteiger partial charge is 0.550 e. The molecular weight excluding hydrogens is 412 g/mol. The first-order valence-corrected chi connectivity index (χ1v) is 10.5. The van der Waals surface area contributed by atoms with E-state index < -0.39 is 22.8 Å². The van der Waals surface area contributed by atoms with Crippen LogP contribution in [0.5, 0.6) is 0 Å². The lowest BCUT2D eigenvalue weighted by atomic mass is 9.94. The van der Waals surface area contributed by atoms with Crippen LogP contribution in [-0.4, -0.2) is 46.1 Å². The quantitative estimate of drug-likeness (QED) is 0.558. The third-order valence-electron chi connectivity index (χ3n) is 5.55. The molecule has 1 amide bonds. The molecule has 2 heterocycles. The predicted molar refractivity (Wildman–Crippen MR) is 114 cm³/mol. The first-order chi connectivity index (χ1) is 15.5. The van der Waals surface area contributed by atoms with E-state index in [1.807, 2.05) is 54.6 Å². The second-order valence-corrected chi connectivity index (χ2v) is 7.57. The number of nitrogens with zero attached hydrogens (tertiary/aromatic N) is 2. The van der Waals surface area contributed by atoms with Crippen molar-refractivity contribution in [1.29, 1.82) is 0 Å². The van der Waals surface area contributed by atoms with Gasteiger partial charge in [-0.3, -0.25) is 0 Å². The fraction of sp³-hybridized carbons (Fsp3) is 0.292. The van der Waals surface area contributed by atoms with Gasteiger partial charge in [-0.2, -0.15) is 9.63 Å². The van der Waals surface area contributed by atoms with Gasteiger partial charge in [0.1, 0.15) is 19.4 Å². The molecule has 0 bridgehead atoms. The minimum atomic E-state index is -1.11. The van der Waals surface area contributed by atoms with Gasteiger partial charge in [0.05, 0.1) is 12.3 Å². The van der Waals surface area contributed by atoms with Crippen LogP contribution in [0, 0.1) is 0 Å². The van der Waals surface area contributed by atoms with Gasteiger partial charge in [0.15, 0.2) is 0 Å². The van der Waals surface area contributed by atoms with Crippen molar-refractivity contribution in [2.45, 2.75) is 32.4 Å². The summed E-state index contributed by atoms with van der Waals surface area (Å²) in [4.78, 5) is 35.7. The second kappa shape index (κ2) is 9.33. The van der Waals surface area contributed by atoms with Crippen molar-refractivity contribution in [3.63, 3.8) is 0 Å². The highest BCUT2D eigenvalue weighted by Crippen LogP contribution is 2.33. The van der Waals surface area contributed by atoms with Gasteiger partial charge in [-0.25, -0.2) is 9.78 Å². The molecule has 2 unspecified atom stereocenters. The highest BCUT2D eigenvalue weighted by Gasteiger charge is 2.56. The van der Waals surface area contributed by atoms with E-state index in [0.717, 1.165) is 16.7 Å². The van der Waals surface area contributed by atoms with Crippen LogP contribution in [0.4, 0.5) is 4.79 Å². The number of benzene rings is 2. The van der Waals surface area contributed by atoms with Crippen LogP contribution >= 0.6 is 0 Å². The Morgan fingerprint density at radius 2 is 1.84 bits per heavy atom. The summed E-state index contributed by atoms with van der Waals surface area (Å²) < 4.78 is 10.1. The molecule has 8 heteroatoms. The average molecular weight is 437 g/mol. The van der Waals surface area contributed by atoms with Crippen molar-refractivity contribution in [2.24, 2.45) is 0 Å². The predicted octanol–water partition coefficient (Wildman–Crippen LogP) is 4.00. The number of aromatic nitrogens is 1. The van der Waals surface area contributed by atoms with Crippen molar-refractivity contribution in [3.05, 3.63) is 77.7 Å². The maximum absolute atomic E-state index is 13.0. The maximum Gasteiger partial charge on any atom is 0.550 e. The fourth-order valence-electron chi connectivity index (χ4n) is 3.96. The number of ether oxygens (including phenoxy) is 1. The number of fused-ring (bicyclic) bond motifs is 1. The smallest absolute Gasteiger partial charge is 0.477 e. The number of carbonyl (C=O) groups excluding carboxylic acids is 1. The standard InChI is InChI=1S/C24H24N2O6/c1-2-30-24(29)26(15-19-11-7-6-10-18(19)14-21(26)23(27)28)32-13-12-20-16-31-22(25-20)17-8-4-3-5-9-17/h3-11,16,21H,2,12-15H2,1H3/p+1. The van der Waals surface area contributed by atoms with Crippen molar-refractivity contribution in [1.82, 2.24) is 4.98 Å². The summed E-state index contributed by atoms with van der Waals surface area (Å²) in [6, 6.07) is 15.9. The van der Waals surface area contributed by atoms with Crippen molar-refractivity contribution < 1.29 is 33.3 Å². The summed E-state index contributed by atoms with van der Waals surface area (Å²) in [7, 11) is 0. The zero-order valence-electron chi connectivity index (χ0n) is 17.8. The highest BCUT2D eigenvalue weighted by molar-refractivity contribution is 5.76. The summed E-state index contributed by atoms with van der Waals surface area (Å²) in [5.74, 6) is -0.620. The van der Waals surface area contributed by atoms with E-state index in [2.05, 4.69) is 4.98 Å². The van der Waals surface area contributed by atoms with Gasteiger partial charge in [-0.15, -0.1) is 0 Å². The van der Waals surface area contributed by atoms with Crippen molar-refractivity contribution >= 4 is 12.1 Å². The van der Waals surface area contributed by atoms with Crippen molar-refractivity contribution in [2.75, 3.05) is 13.2 Å². The Kier molecular flexibility index (Phi) is 6.34. The molecular formula is C24H25N2O6+. The van der Waals surface area contributed by atoms with E-state index in [1.165, 1.54) is 0 Å². The first-order valence-electron chi connectivity index (χ1n) is 10.5. The average Bonchev–Trinajstić information content (AvgIpc) is 3.28.